The van der Waals surface area contributed by atoms with Gasteiger partial charge in [0.1, 0.15) is 0 Å². The van der Waals surface area contributed by atoms with E-state index in [1.165, 1.54) is 23.3 Å². The first-order valence-corrected chi connectivity index (χ1v) is 8.85. The zero-order valence-electron chi connectivity index (χ0n) is 13.1. The fraction of sp³-hybridized carbons (Fsp3) is 0.455. The molecule has 0 aliphatic heterocycles. The summed E-state index contributed by atoms with van der Waals surface area (Å²) in [5, 5.41) is 2.92. The van der Waals surface area contributed by atoms with Crippen molar-refractivity contribution in [2.75, 3.05) is 0 Å². The molecule has 4 aliphatic carbocycles. The van der Waals surface area contributed by atoms with Crippen molar-refractivity contribution in [2.24, 2.45) is 47.3 Å². The third-order valence-corrected chi connectivity index (χ3v) is 7.29. The summed E-state index contributed by atoms with van der Waals surface area (Å²) in [5.41, 5.74) is 0. The molecule has 0 heterocycles. The molecule has 1 aromatic rings. The molecule has 3 saturated carbocycles. The molecule has 1 aromatic carbocycles. The van der Waals surface area contributed by atoms with Crippen LogP contribution in [0.4, 0.5) is 0 Å². The molecule has 22 heavy (non-hydrogen) atoms. The summed E-state index contributed by atoms with van der Waals surface area (Å²) in [5.74, 6) is 6.45. The van der Waals surface area contributed by atoms with Crippen molar-refractivity contribution in [3.63, 3.8) is 0 Å². The van der Waals surface area contributed by atoms with Crippen molar-refractivity contribution in [2.45, 2.75) is 12.8 Å². The summed E-state index contributed by atoms with van der Waals surface area (Å²) >= 11 is 0. The molecule has 8 unspecified atom stereocenters. The van der Waals surface area contributed by atoms with Crippen molar-refractivity contribution in [3.8, 4) is 0 Å². The van der Waals surface area contributed by atoms with Crippen molar-refractivity contribution in [1.29, 1.82) is 0 Å². The number of benzene rings is 1. The molecular weight excluding hydrogens is 264 g/mol. The second kappa shape index (κ2) is 4.47. The summed E-state index contributed by atoms with van der Waals surface area (Å²) in [4.78, 5) is 0. The minimum absolute atomic E-state index is 0.717. The van der Waals surface area contributed by atoms with Crippen molar-refractivity contribution >= 4 is 12.2 Å². The smallest absolute Gasteiger partial charge is 0.0127 e. The Morgan fingerprint density at radius 2 is 1.27 bits per heavy atom. The van der Waals surface area contributed by atoms with Crippen LogP contribution in [0.25, 0.3) is 12.2 Å². The number of hydrogen-bond donors (Lipinski definition) is 0. The van der Waals surface area contributed by atoms with Gasteiger partial charge in [0, 0.05) is 0 Å². The molecule has 0 nitrogen and oxygen atoms in total. The van der Waals surface area contributed by atoms with Crippen molar-refractivity contribution in [3.05, 3.63) is 60.0 Å². The van der Waals surface area contributed by atoms with Crippen LogP contribution in [0.15, 0.2) is 49.6 Å². The van der Waals surface area contributed by atoms with E-state index < -0.39 is 0 Å². The summed E-state index contributed by atoms with van der Waals surface area (Å²) in [6.07, 6.45) is 12.4. The molecule has 5 rings (SSSR count). The molecule has 0 N–H and O–H groups in total. The third-order valence-electron chi connectivity index (χ3n) is 7.29. The van der Waals surface area contributed by atoms with Crippen LogP contribution in [0.5, 0.6) is 0 Å². The van der Waals surface area contributed by atoms with E-state index in [4.69, 9.17) is 0 Å². The van der Waals surface area contributed by atoms with Gasteiger partial charge in [-0.25, -0.2) is 0 Å². The molecule has 0 saturated heterocycles. The Morgan fingerprint density at radius 3 is 1.73 bits per heavy atom. The Hall–Kier alpha value is -1.56. The lowest BCUT2D eigenvalue weighted by molar-refractivity contribution is 0.156. The lowest BCUT2D eigenvalue weighted by Crippen LogP contribution is -2.40. The molecule has 112 valence electrons. The van der Waals surface area contributed by atoms with Gasteiger partial charge < -0.3 is 0 Å². The topological polar surface area (TPSA) is 0 Å². The molecule has 3 fully saturated rings. The molecule has 0 aromatic heterocycles. The van der Waals surface area contributed by atoms with Crippen LogP contribution in [-0.2, 0) is 0 Å². The predicted molar refractivity (Wildman–Crippen MR) is 92.2 cm³/mol. The van der Waals surface area contributed by atoms with Gasteiger partial charge in [-0.1, -0.05) is 48.6 Å². The second-order valence-electron chi connectivity index (χ2n) is 7.87. The fourth-order valence-electron chi connectivity index (χ4n) is 6.64. The number of allylic oxidation sites excluding steroid dienone is 2. The Balaban J connectivity index is 1.63. The minimum Gasteiger partial charge on any atom is -0.103 e. The SMILES string of the molecule is C=CC1CC(C=C)C2C3CC(C4C=c5ccccc5=CC43)C12. The van der Waals surface area contributed by atoms with E-state index in [0.29, 0.717) is 0 Å². The Bertz CT molecular complexity index is 691. The van der Waals surface area contributed by atoms with Gasteiger partial charge in [0.05, 0.1) is 0 Å². The highest BCUT2D eigenvalue weighted by Gasteiger charge is 2.62. The molecule has 4 aliphatic rings. The third kappa shape index (κ3) is 1.49. The predicted octanol–water partition coefficient (Wildman–Crippen LogP) is 3.38. The number of fused-ring (bicyclic) bond motifs is 9. The molecule has 0 radical (unpaired) electrons. The van der Waals surface area contributed by atoms with Crippen LogP contribution in [0, 0.1) is 47.3 Å². The summed E-state index contributed by atoms with van der Waals surface area (Å²) in [6, 6.07) is 8.93. The maximum atomic E-state index is 4.14. The molecule has 0 heteroatoms. The largest absolute Gasteiger partial charge is 0.103 e. The minimum atomic E-state index is 0.717. The number of rotatable bonds is 2. The van der Waals surface area contributed by atoms with Gasteiger partial charge in [-0.05, 0) is 70.6 Å². The van der Waals surface area contributed by atoms with Gasteiger partial charge in [-0.3, -0.25) is 0 Å². The highest BCUT2D eigenvalue weighted by molar-refractivity contribution is 5.47. The van der Waals surface area contributed by atoms with Crippen LogP contribution in [0.3, 0.4) is 0 Å². The normalized spacial score (nSPS) is 46.9. The average Bonchev–Trinajstić information content (AvgIpc) is 3.21. The van der Waals surface area contributed by atoms with Crippen LogP contribution < -0.4 is 10.4 Å². The molecule has 0 spiro atoms. The average molecular weight is 288 g/mol. The van der Waals surface area contributed by atoms with Crippen LogP contribution in [0.1, 0.15) is 12.8 Å². The van der Waals surface area contributed by atoms with Crippen molar-refractivity contribution < 1.29 is 0 Å². The van der Waals surface area contributed by atoms with Gasteiger partial charge in [0.2, 0.25) is 0 Å². The van der Waals surface area contributed by atoms with Gasteiger partial charge in [-0.2, -0.15) is 0 Å². The van der Waals surface area contributed by atoms with Gasteiger partial charge in [-0.15, -0.1) is 13.2 Å². The van der Waals surface area contributed by atoms with Crippen molar-refractivity contribution in [1.82, 2.24) is 0 Å². The summed E-state index contributed by atoms with van der Waals surface area (Å²) in [7, 11) is 0. The maximum absolute atomic E-state index is 4.14. The van der Waals surface area contributed by atoms with Crippen LogP contribution >= 0.6 is 0 Å². The first kappa shape index (κ1) is 12.9. The summed E-state index contributed by atoms with van der Waals surface area (Å²) in [6.45, 7) is 8.29. The first-order chi connectivity index (χ1) is 10.8. The van der Waals surface area contributed by atoms with Gasteiger partial charge in [0.15, 0.2) is 0 Å². The van der Waals surface area contributed by atoms with Crippen LogP contribution in [-0.4, -0.2) is 0 Å². The fourth-order valence-corrected chi connectivity index (χ4v) is 6.64. The van der Waals surface area contributed by atoms with E-state index in [9.17, 15) is 0 Å². The number of hydrogen-bond acceptors (Lipinski definition) is 0. The lowest BCUT2D eigenvalue weighted by Gasteiger charge is -2.39. The highest BCUT2D eigenvalue weighted by Crippen LogP contribution is 2.67. The van der Waals surface area contributed by atoms with Gasteiger partial charge in [0.25, 0.3) is 0 Å². The van der Waals surface area contributed by atoms with E-state index in [-0.39, 0.29) is 0 Å². The van der Waals surface area contributed by atoms with Crippen LogP contribution in [0.2, 0.25) is 0 Å². The Kier molecular flexibility index (Phi) is 2.63. The first-order valence-electron chi connectivity index (χ1n) is 8.85. The molecule has 2 bridgehead atoms. The maximum Gasteiger partial charge on any atom is -0.0127 e. The molecular formula is C22H24. The standard InChI is InChI=1S/C22H24/c1-3-13-9-14(4-2)22-20-12-19(21(13)22)17-10-15-7-5-6-8-16(15)11-18(17)20/h3-8,10-11,13-14,17-22H,1-2,9,12H2. The summed E-state index contributed by atoms with van der Waals surface area (Å²) < 4.78 is 0. The molecule has 0 amide bonds. The van der Waals surface area contributed by atoms with E-state index in [0.717, 1.165) is 47.3 Å². The molecule has 8 atom stereocenters. The van der Waals surface area contributed by atoms with Gasteiger partial charge >= 0.3 is 0 Å². The lowest BCUT2D eigenvalue weighted by atomic mass is 9.65. The Morgan fingerprint density at radius 1 is 0.773 bits per heavy atom. The highest BCUT2D eigenvalue weighted by atomic mass is 14.7. The zero-order chi connectivity index (χ0) is 14.8. The quantitative estimate of drug-likeness (QED) is 0.732. The van der Waals surface area contributed by atoms with E-state index in [2.05, 4.69) is 61.7 Å². The van der Waals surface area contributed by atoms with E-state index in [1.54, 1.807) is 0 Å². The van der Waals surface area contributed by atoms with E-state index in [1.807, 2.05) is 0 Å². The second-order valence-corrected chi connectivity index (χ2v) is 7.87. The monoisotopic (exact) mass is 288 g/mol. The zero-order valence-corrected chi connectivity index (χ0v) is 13.1. The van der Waals surface area contributed by atoms with E-state index >= 15 is 0 Å². The Labute approximate surface area is 132 Å².